The fourth-order valence-corrected chi connectivity index (χ4v) is 3.65. The van der Waals surface area contributed by atoms with E-state index in [-0.39, 0.29) is 11.8 Å². The molecule has 0 fully saturated rings. The first-order valence-electron chi connectivity index (χ1n) is 8.44. The average molecular weight is 393 g/mol. The van der Waals surface area contributed by atoms with Crippen molar-refractivity contribution in [2.45, 2.75) is 32.2 Å². The van der Waals surface area contributed by atoms with Gasteiger partial charge in [-0.3, -0.25) is 9.59 Å². The van der Waals surface area contributed by atoms with Crippen molar-refractivity contribution >= 4 is 40.6 Å². The third-order valence-corrected chi connectivity index (χ3v) is 5.44. The Balaban J connectivity index is 1.68. The van der Waals surface area contributed by atoms with E-state index in [0.717, 1.165) is 31.6 Å². The standard InChI is InChI=1S/C18H21ClN4O2S/c1-18(2,23-16(24)13-4-5-14(19)26-13)17(25)22-15-6-3-11-7-9-20-10-8-12(11)21-15/h3-6,20H,7-10H2,1-2H3,(H,23,24)(H,21,22,25). The molecule has 0 atom stereocenters. The van der Waals surface area contributed by atoms with E-state index in [1.165, 1.54) is 16.9 Å². The minimum atomic E-state index is -1.09. The summed E-state index contributed by atoms with van der Waals surface area (Å²) in [6.07, 6.45) is 1.76. The van der Waals surface area contributed by atoms with Crippen molar-refractivity contribution < 1.29 is 9.59 Å². The summed E-state index contributed by atoms with van der Waals surface area (Å²) >= 11 is 7.03. The van der Waals surface area contributed by atoms with Gasteiger partial charge in [-0.25, -0.2) is 4.98 Å². The highest BCUT2D eigenvalue weighted by Gasteiger charge is 2.30. The monoisotopic (exact) mass is 392 g/mol. The molecule has 6 nitrogen and oxygen atoms in total. The maximum atomic E-state index is 12.6. The van der Waals surface area contributed by atoms with E-state index in [0.29, 0.717) is 15.0 Å². The lowest BCUT2D eigenvalue weighted by Crippen LogP contribution is -2.52. The molecule has 0 saturated carbocycles. The van der Waals surface area contributed by atoms with Crippen molar-refractivity contribution in [3.63, 3.8) is 0 Å². The molecule has 0 spiro atoms. The van der Waals surface area contributed by atoms with Crippen LogP contribution in [0.1, 0.15) is 34.8 Å². The van der Waals surface area contributed by atoms with Crippen molar-refractivity contribution in [1.82, 2.24) is 15.6 Å². The molecule has 2 amide bonds. The second-order valence-corrected chi connectivity index (χ2v) is 8.40. The van der Waals surface area contributed by atoms with E-state index in [1.54, 1.807) is 32.0 Å². The molecule has 2 aromatic rings. The minimum absolute atomic E-state index is 0.326. The summed E-state index contributed by atoms with van der Waals surface area (Å²) in [5.74, 6) is -0.159. The lowest BCUT2D eigenvalue weighted by atomic mass is 10.0. The van der Waals surface area contributed by atoms with Crippen LogP contribution in [-0.2, 0) is 17.6 Å². The van der Waals surface area contributed by atoms with Crippen LogP contribution in [0.25, 0.3) is 0 Å². The number of carbonyl (C=O) groups excluding carboxylic acids is 2. The van der Waals surface area contributed by atoms with E-state index in [9.17, 15) is 9.59 Å². The number of nitrogens with zero attached hydrogens (tertiary/aromatic N) is 1. The molecule has 0 unspecified atom stereocenters. The molecule has 1 aliphatic heterocycles. The minimum Gasteiger partial charge on any atom is -0.337 e. The fourth-order valence-electron chi connectivity index (χ4n) is 2.71. The lowest BCUT2D eigenvalue weighted by Gasteiger charge is -2.24. The van der Waals surface area contributed by atoms with Gasteiger partial charge in [0, 0.05) is 18.7 Å². The summed E-state index contributed by atoms with van der Waals surface area (Å²) in [7, 11) is 0. The van der Waals surface area contributed by atoms with Crippen molar-refractivity contribution in [3.8, 4) is 0 Å². The number of aromatic nitrogens is 1. The van der Waals surface area contributed by atoms with Gasteiger partial charge in [0.15, 0.2) is 0 Å². The maximum absolute atomic E-state index is 12.6. The zero-order valence-electron chi connectivity index (χ0n) is 14.7. The quantitative estimate of drug-likeness (QED) is 0.746. The highest BCUT2D eigenvalue weighted by atomic mass is 35.5. The topological polar surface area (TPSA) is 83.1 Å². The Kier molecular flexibility index (Phi) is 5.60. The van der Waals surface area contributed by atoms with E-state index < -0.39 is 5.54 Å². The van der Waals surface area contributed by atoms with Crippen molar-refractivity contribution in [3.05, 3.63) is 44.7 Å². The molecule has 3 rings (SSSR count). The number of pyridine rings is 1. The summed E-state index contributed by atoms with van der Waals surface area (Å²) in [6, 6.07) is 7.10. The van der Waals surface area contributed by atoms with Crippen LogP contribution >= 0.6 is 22.9 Å². The first-order valence-corrected chi connectivity index (χ1v) is 9.63. The molecule has 138 valence electrons. The molecular formula is C18H21ClN4O2S. The first-order chi connectivity index (χ1) is 12.3. The lowest BCUT2D eigenvalue weighted by molar-refractivity contribution is -0.121. The molecule has 0 aliphatic carbocycles. The molecule has 0 aromatic carbocycles. The first kappa shape index (κ1) is 18.8. The van der Waals surface area contributed by atoms with Gasteiger partial charge in [-0.1, -0.05) is 17.7 Å². The normalized spacial score (nSPS) is 14.3. The van der Waals surface area contributed by atoms with Gasteiger partial charge < -0.3 is 16.0 Å². The van der Waals surface area contributed by atoms with E-state index in [4.69, 9.17) is 11.6 Å². The van der Waals surface area contributed by atoms with Crippen molar-refractivity contribution in [2.75, 3.05) is 18.4 Å². The number of carbonyl (C=O) groups is 2. The van der Waals surface area contributed by atoms with Crippen LogP contribution in [0.15, 0.2) is 24.3 Å². The summed E-state index contributed by atoms with van der Waals surface area (Å²) in [6.45, 7) is 5.13. The maximum Gasteiger partial charge on any atom is 0.262 e. The fraction of sp³-hybridized carbons (Fsp3) is 0.389. The molecule has 8 heteroatoms. The number of amides is 2. The third kappa shape index (κ3) is 4.41. The predicted octanol–water partition coefficient (Wildman–Crippen LogP) is 2.63. The Morgan fingerprint density at radius 2 is 1.96 bits per heavy atom. The highest BCUT2D eigenvalue weighted by molar-refractivity contribution is 7.18. The molecular weight excluding hydrogens is 372 g/mol. The van der Waals surface area contributed by atoms with Crippen molar-refractivity contribution in [2.24, 2.45) is 0 Å². The molecule has 3 heterocycles. The van der Waals surface area contributed by atoms with E-state index in [2.05, 4.69) is 20.9 Å². The summed E-state index contributed by atoms with van der Waals surface area (Å²) in [5, 5.41) is 8.88. The molecule has 2 aromatic heterocycles. The number of anilines is 1. The number of fused-ring (bicyclic) bond motifs is 1. The Bertz CT molecular complexity index is 834. The van der Waals surface area contributed by atoms with Gasteiger partial charge >= 0.3 is 0 Å². The van der Waals surface area contributed by atoms with Gasteiger partial charge in [0.05, 0.1) is 9.21 Å². The van der Waals surface area contributed by atoms with Crippen LogP contribution in [0, 0.1) is 0 Å². The number of hydrogen-bond donors (Lipinski definition) is 3. The smallest absolute Gasteiger partial charge is 0.262 e. The summed E-state index contributed by atoms with van der Waals surface area (Å²) in [4.78, 5) is 30.0. The third-order valence-electron chi connectivity index (χ3n) is 4.21. The van der Waals surface area contributed by atoms with Crippen LogP contribution in [-0.4, -0.2) is 35.4 Å². The van der Waals surface area contributed by atoms with Crippen LogP contribution < -0.4 is 16.0 Å². The number of rotatable bonds is 4. The Labute approximate surface area is 161 Å². The zero-order chi connectivity index (χ0) is 18.7. The van der Waals surface area contributed by atoms with Gasteiger partial charge in [0.2, 0.25) is 0 Å². The highest BCUT2D eigenvalue weighted by Crippen LogP contribution is 2.22. The molecule has 1 aliphatic rings. The van der Waals surface area contributed by atoms with Gasteiger partial charge in [-0.05, 0) is 50.6 Å². The molecule has 0 radical (unpaired) electrons. The van der Waals surface area contributed by atoms with Gasteiger partial charge in [-0.2, -0.15) is 0 Å². The molecule has 26 heavy (non-hydrogen) atoms. The SMILES string of the molecule is CC(C)(NC(=O)c1ccc(Cl)s1)C(=O)Nc1ccc2c(n1)CCNCC2. The van der Waals surface area contributed by atoms with Gasteiger partial charge in [0.25, 0.3) is 11.8 Å². The zero-order valence-corrected chi connectivity index (χ0v) is 16.3. The van der Waals surface area contributed by atoms with Gasteiger partial charge in [-0.15, -0.1) is 11.3 Å². The van der Waals surface area contributed by atoms with Gasteiger partial charge in [0.1, 0.15) is 11.4 Å². The Morgan fingerprint density at radius 3 is 2.69 bits per heavy atom. The predicted molar refractivity (Wildman–Crippen MR) is 104 cm³/mol. The van der Waals surface area contributed by atoms with E-state index in [1.807, 2.05) is 6.07 Å². The largest absolute Gasteiger partial charge is 0.337 e. The summed E-state index contributed by atoms with van der Waals surface area (Å²) in [5.41, 5.74) is 1.11. The average Bonchev–Trinajstić information content (AvgIpc) is 2.89. The second-order valence-electron chi connectivity index (χ2n) is 6.69. The number of nitrogens with one attached hydrogen (secondary N) is 3. The number of halogens is 1. The van der Waals surface area contributed by atoms with Crippen molar-refractivity contribution in [1.29, 1.82) is 0 Å². The molecule has 3 N–H and O–H groups in total. The number of thiophene rings is 1. The summed E-state index contributed by atoms with van der Waals surface area (Å²) < 4.78 is 0.529. The van der Waals surface area contributed by atoms with Crippen LogP contribution in [0.2, 0.25) is 4.34 Å². The van der Waals surface area contributed by atoms with Crippen LogP contribution in [0.5, 0.6) is 0 Å². The Morgan fingerprint density at radius 1 is 1.19 bits per heavy atom. The van der Waals surface area contributed by atoms with Crippen LogP contribution in [0.4, 0.5) is 5.82 Å². The Hall–Kier alpha value is -1.96. The van der Waals surface area contributed by atoms with Crippen LogP contribution in [0.3, 0.4) is 0 Å². The second kappa shape index (κ2) is 7.73. The number of hydrogen-bond acceptors (Lipinski definition) is 5. The van der Waals surface area contributed by atoms with E-state index >= 15 is 0 Å². The molecule has 0 saturated heterocycles. The molecule has 0 bridgehead atoms.